The number of rotatable bonds is 4. The Morgan fingerprint density at radius 2 is 1.88 bits per heavy atom. The fraction of sp³-hybridized carbons (Fsp3) is 0.500. The van der Waals surface area contributed by atoms with Crippen molar-refractivity contribution in [1.29, 1.82) is 0 Å². The average Bonchev–Trinajstić information content (AvgIpc) is 2.57. The molecule has 1 aromatic carbocycles. The number of anilines is 1. The van der Waals surface area contributed by atoms with Gasteiger partial charge in [0.1, 0.15) is 6.04 Å². The van der Waals surface area contributed by atoms with Gasteiger partial charge in [0.15, 0.2) is 5.11 Å². The highest BCUT2D eigenvalue weighted by molar-refractivity contribution is 7.80. The molecule has 8 heteroatoms. The molecular weight excluding hydrogens is 367 g/mol. The Hall–Kier alpha value is -1.24. The van der Waals surface area contributed by atoms with E-state index in [0.29, 0.717) is 21.2 Å². The zero-order valence-electron chi connectivity index (χ0n) is 13.5. The van der Waals surface area contributed by atoms with Crippen molar-refractivity contribution >= 4 is 52.1 Å². The standard InChI is InChI=1S/C16H22Cl2N4OS/c1-10(19-12-7-8-13(17)14(18)9-12)15(23)21-22-16(24)20-11-5-3-2-4-6-11/h7-11,19H,2-6H2,1H3,(H,21,23)(H2,20,22,24). The number of amides is 1. The number of carbonyl (C=O) groups is 1. The van der Waals surface area contributed by atoms with Crippen molar-refractivity contribution in [2.75, 3.05) is 5.32 Å². The Kier molecular flexibility index (Phi) is 7.40. The second kappa shape index (κ2) is 9.30. The van der Waals surface area contributed by atoms with E-state index in [1.807, 2.05) is 0 Å². The van der Waals surface area contributed by atoms with Gasteiger partial charge in [0.25, 0.3) is 5.91 Å². The molecule has 1 atom stereocenters. The van der Waals surface area contributed by atoms with Crippen LogP contribution in [0.1, 0.15) is 39.0 Å². The van der Waals surface area contributed by atoms with Crippen LogP contribution in [0.5, 0.6) is 0 Å². The smallest absolute Gasteiger partial charge is 0.260 e. The zero-order chi connectivity index (χ0) is 17.5. The first-order valence-electron chi connectivity index (χ1n) is 8.03. The van der Waals surface area contributed by atoms with Gasteiger partial charge in [-0.25, -0.2) is 0 Å². The van der Waals surface area contributed by atoms with E-state index in [-0.39, 0.29) is 5.91 Å². The Balaban J connectivity index is 1.74. The van der Waals surface area contributed by atoms with Crippen LogP contribution in [-0.4, -0.2) is 23.1 Å². The van der Waals surface area contributed by atoms with Gasteiger partial charge in [0, 0.05) is 11.7 Å². The summed E-state index contributed by atoms with van der Waals surface area (Å²) in [6, 6.07) is 5.05. The quantitative estimate of drug-likeness (QED) is 0.468. The van der Waals surface area contributed by atoms with E-state index in [1.165, 1.54) is 19.3 Å². The third kappa shape index (κ3) is 6.00. The molecule has 0 radical (unpaired) electrons. The highest BCUT2D eigenvalue weighted by Crippen LogP contribution is 2.25. The van der Waals surface area contributed by atoms with E-state index in [2.05, 4.69) is 21.5 Å². The van der Waals surface area contributed by atoms with Crippen LogP contribution < -0.4 is 21.5 Å². The number of halogens is 2. The molecule has 24 heavy (non-hydrogen) atoms. The van der Waals surface area contributed by atoms with Crippen molar-refractivity contribution in [3.63, 3.8) is 0 Å². The van der Waals surface area contributed by atoms with E-state index in [9.17, 15) is 4.79 Å². The average molecular weight is 389 g/mol. The molecule has 0 heterocycles. The minimum atomic E-state index is -0.466. The van der Waals surface area contributed by atoms with Crippen LogP contribution in [0.25, 0.3) is 0 Å². The van der Waals surface area contributed by atoms with Crippen LogP contribution in [-0.2, 0) is 4.79 Å². The van der Waals surface area contributed by atoms with Crippen molar-refractivity contribution in [2.45, 2.75) is 51.1 Å². The van der Waals surface area contributed by atoms with E-state index in [1.54, 1.807) is 25.1 Å². The molecule has 4 N–H and O–H groups in total. The second-order valence-corrected chi connectivity index (χ2v) is 7.14. The van der Waals surface area contributed by atoms with Crippen LogP contribution in [0.4, 0.5) is 5.69 Å². The summed E-state index contributed by atoms with van der Waals surface area (Å²) in [5.74, 6) is -0.228. The van der Waals surface area contributed by atoms with Crippen LogP contribution in [0.2, 0.25) is 10.0 Å². The molecular formula is C16H22Cl2N4OS. The summed E-state index contributed by atoms with van der Waals surface area (Å²) in [7, 11) is 0. The number of benzene rings is 1. The molecule has 5 nitrogen and oxygen atoms in total. The summed E-state index contributed by atoms with van der Waals surface area (Å²) in [6.07, 6.45) is 5.96. The molecule has 2 rings (SSSR count). The summed E-state index contributed by atoms with van der Waals surface area (Å²) in [6.45, 7) is 1.75. The third-order valence-corrected chi connectivity index (χ3v) is 4.89. The number of nitrogens with one attached hydrogen (secondary N) is 4. The van der Waals surface area contributed by atoms with E-state index < -0.39 is 6.04 Å². The van der Waals surface area contributed by atoms with E-state index in [4.69, 9.17) is 35.4 Å². The van der Waals surface area contributed by atoms with Gasteiger partial charge in [0.05, 0.1) is 10.0 Å². The topological polar surface area (TPSA) is 65.2 Å². The monoisotopic (exact) mass is 388 g/mol. The maximum Gasteiger partial charge on any atom is 0.260 e. The van der Waals surface area contributed by atoms with Crippen LogP contribution in [0.15, 0.2) is 18.2 Å². The van der Waals surface area contributed by atoms with E-state index in [0.717, 1.165) is 18.5 Å². The molecule has 1 saturated carbocycles. The minimum absolute atomic E-state index is 0.228. The van der Waals surface area contributed by atoms with Crippen molar-refractivity contribution in [2.24, 2.45) is 0 Å². The van der Waals surface area contributed by atoms with Crippen molar-refractivity contribution < 1.29 is 4.79 Å². The Morgan fingerprint density at radius 1 is 1.17 bits per heavy atom. The number of thiocarbonyl (C=S) groups is 1. The third-order valence-electron chi connectivity index (χ3n) is 3.94. The lowest BCUT2D eigenvalue weighted by atomic mass is 9.96. The molecule has 1 aromatic rings. The molecule has 0 saturated heterocycles. The predicted octanol–water partition coefficient (Wildman–Crippen LogP) is 3.62. The van der Waals surface area contributed by atoms with Crippen molar-refractivity contribution in [1.82, 2.24) is 16.2 Å². The first-order chi connectivity index (χ1) is 11.5. The lowest BCUT2D eigenvalue weighted by Crippen LogP contribution is -2.52. The maximum absolute atomic E-state index is 12.1. The number of hydrazine groups is 1. The maximum atomic E-state index is 12.1. The molecule has 0 bridgehead atoms. The van der Waals surface area contributed by atoms with Gasteiger partial charge in [0.2, 0.25) is 0 Å². The molecule has 0 spiro atoms. The Bertz CT molecular complexity index is 593. The molecule has 1 aliphatic rings. The lowest BCUT2D eigenvalue weighted by molar-refractivity contribution is -0.122. The summed E-state index contributed by atoms with van der Waals surface area (Å²) in [5, 5.41) is 7.64. The summed E-state index contributed by atoms with van der Waals surface area (Å²) in [4.78, 5) is 12.1. The van der Waals surface area contributed by atoms with E-state index >= 15 is 0 Å². The molecule has 1 unspecified atom stereocenters. The molecule has 0 aliphatic heterocycles. The molecule has 1 amide bonds. The molecule has 132 valence electrons. The summed E-state index contributed by atoms with van der Waals surface area (Å²) in [5.41, 5.74) is 6.07. The van der Waals surface area contributed by atoms with Gasteiger partial charge in [-0.15, -0.1) is 0 Å². The Labute approximate surface area is 157 Å². The highest BCUT2D eigenvalue weighted by Gasteiger charge is 2.16. The van der Waals surface area contributed by atoms with Gasteiger partial charge in [-0.05, 0) is 50.2 Å². The highest BCUT2D eigenvalue weighted by atomic mass is 35.5. The first-order valence-corrected chi connectivity index (χ1v) is 9.20. The lowest BCUT2D eigenvalue weighted by Gasteiger charge is -2.24. The summed E-state index contributed by atoms with van der Waals surface area (Å²) >= 11 is 17.0. The normalized spacial score (nSPS) is 16.1. The van der Waals surface area contributed by atoms with Crippen LogP contribution in [0.3, 0.4) is 0 Å². The summed E-state index contributed by atoms with van der Waals surface area (Å²) < 4.78 is 0. The van der Waals surface area contributed by atoms with Crippen LogP contribution in [0, 0.1) is 0 Å². The minimum Gasteiger partial charge on any atom is -0.374 e. The fourth-order valence-electron chi connectivity index (χ4n) is 2.60. The largest absolute Gasteiger partial charge is 0.374 e. The predicted molar refractivity (Wildman–Crippen MR) is 103 cm³/mol. The second-order valence-electron chi connectivity index (χ2n) is 5.92. The van der Waals surface area contributed by atoms with Crippen LogP contribution >= 0.6 is 35.4 Å². The molecule has 1 aliphatic carbocycles. The van der Waals surface area contributed by atoms with Crippen molar-refractivity contribution in [3.05, 3.63) is 28.2 Å². The van der Waals surface area contributed by atoms with Gasteiger partial charge in [-0.1, -0.05) is 42.5 Å². The van der Waals surface area contributed by atoms with Gasteiger partial charge in [-0.3, -0.25) is 15.6 Å². The van der Waals surface area contributed by atoms with Crippen molar-refractivity contribution in [3.8, 4) is 0 Å². The Morgan fingerprint density at radius 3 is 2.54 bits per heavy atom. The number of hydrogen-bond donors (Lipinski definition) is 4. The molecule has 1 fully saturated rings. The fourth-order valence-corrected chi connectivity index (χ4v) is 3.11. The first kappa shape index (κ1) is 19.1. The van der Waals surface area contributed by atoms with Gasteiger partial charge >= 0.3 is 0 Å². The number of hydrogen-bond acceptors (Lipinski definition) is 3. The SMILES string of the molecule is CC(Nc1ccc(Cl)c(Cl)c1)C(=O)NNC(=S)NC1CCCCC1. The van der Waals surface area contributed by atoms with Gasteiger partial charge < -0.3 is 10.6 Å². The molecule has 0 aromatic heterocycles. The zero-order valence-corrected chi connectivity index (χ0v) is 15.8. The van der Waals surface area contributed by atoms with Gasteiger partial charge in [-0.2, -0.15) is 0 Å². The number of carbonyl (C=O) groups excluding carboxylic acids is 1.